The summed E-state index contributed by atoms with van der Waals surface area (Å²) >= 11 is 0. The molecule has 1 aliphatic heterocycles. The lowest BCUT2D eigenvalue weighted by molar-refractivity contribution is 0.0766. The van der Waals surface area contributed by atoms with Gasteiger partial charge in [-0.1, -0.05) is 13.0 Å². The van der Waals surface area contributed by atoms with E-state index in [9.17, 15) is 9.59 Å². The van der Waals surface area contributed by atoms with Crippen LogP contribution in [0.25, 0.3) is 0 Å². The van der Waals surface area contributed by atoms with Gasteiger partial charge in [-0.25, -0.2) is 0 Å². The number of carbonyl (C=O) groups is 2. The highest BCUT2D eigenvalue weighted by molar-refractivity contribution is 5.99. The number of nitrogens with zero attached hydrogens (tertiary/aromatic N) is 1. The Balaban J connectivity index is 2.08. The molecule has 1 heterocycles. The van der Waals surface area contributed by atoms with Gasteiger partial charge in [0.05, 0.1) is 0 Å². The van der Waals surface area contributed by atoms with Crippen molar-refractivity contribution in [3.8, 4) is 0 Å². The van der Waals surface area contributed by atoms with Crippen LogP contribution in [0.3, 0.4) is 0 Å². The third kappa shape index (κ3) is 4.29. The number of hydrogen-bond acceptors (Lipinski definition) is 3. The predicted octanol–water partition coefficient (Wildman–Crippen LogP) is 1.26. The Hall–Kier alpha value is -1.88. The van der Waals surface area contributed by atoms with Crippen molar-refractivity contribution in [3.05, 3.63) is 35.4 Å². The fraction of sp³-hybridized carbons (Fsp3) is 0.500. The molecule has 1 saturated heterocycles. The van der Waals surface area contributed by atoms with Crippen molar-refractivity contribution < 1.29 is 9.59 Å². The van der Waals surface area contributed by atoms with E-state index in [0.717, 1.165) is 32.5 Å². The van der Waals surface area contributed by atoms with Gasteiger partial charge in [0.15, 0.2) is 0 Å². The van der Waals surface area contributed by atoms with Crippen LogP contribution in [0.15, 0.2) is 24.3 Å². The average Bonchev–Trinajstić information content (AvgIpc) is 2.81. The summed E-state index contributed by atoms with van der Waals surface area (Å²) in [4.78, 5) is 26.3. The maximum atomic E-state index is 12.5. The molecule has 21 heavy (non-hydrogen) atoms. The van der Waals surface area contributed by atoms with E-state index in [4.69, 9.17) is 0 Å². The van der Waals surface area contributed by atoms with Gasteiger partial charge in [0.2, 0.25) is 0 Å². The third-order valence-electron chi connectivity index (χ3n) is 3.53. The van der Waals surface area contributed by atoms with Crippen LogP contribution < -0.4 is 10.6 Å². The number of carbonyl (C=O) groups excluding carboxylic acids is 2. The second kappa shape index (κ2) is 7.78. The monoisotopic (exact) mass is 289 g/mol. The molecule has 0 aromatic heterocycles. The number of hydrogen-bond donors (Lipinski definition) is 2. The summed E-state index contributed by atoms with van der Waals surface area (Å²) in [5.41, 5.74) is 1.13. The van der Waals surface area contributed by atoms with Crippen molar-refractivity contribution >= 4 is 11.8 Å². The molecule has 0 unspecified atom stereocenters. The number of benzene rings is 1. The Morgan fingerprint density at radius 2 is 2.05 bits per heavy atom. The zero-order chi connectivity index (χ0) is 15.1. The lowest BCUT2D eigenvalue weighted by atomic mass is 10.1. The number of nitrogens with one attached hydrogen (secondary N) is 2. The molecule has 1 aromatic carbocycles. The molecule has 2 rings (SSSR count). The van der Waals surface area contributed by atoms with Gasteiger partial charge in [0.25, 0.3) is 11.8 Å². The molecule has 5 nitrogen and oxygen atoms in total. The molecule has 0 spiro atoms. The van der Waals surface area contributed by atoms with Gasteiger partial charge in [-0.15, -0.1) is 0 Å². The van der Waals surface area contributed by atoms with E-state index in [0.29, 0.717) is 24.2 Å². The van der Waals surface area contributed by atoms with Crippen molar-refractivity contribution in [2.24, 2.45) is 0 Å². The molecule has 1 aromatic rings. The van der Waals surface area contributed by atoms with Crippen molar-refractivity contribution in [3.63, 3.8) is 0 Å². The van der Waals surface area contributed by atoms with E-state index >= 15 is 0 Å². The van der Waals surface area contributed by atoms with Crippen molar-refractivity contribution in [1.82, 2.24) is 15.5 Å². The summed E-state index contributed by atoms with van der Waals surface area (Å²) in [5, 5.41) is 6.11. The van der Waals surface area contributed by atoms with Crippen LogP contribution in [0.1, 0.15) is 40.5 Å². The molecule has 0 saturated carbocycles. The normalized spacial score (nSPS) is 15.4. The lowest BCUT2D eigenvalue weighted by Crippen LogP contribution is -2.34. The molecular formula is C16H23N3O2. The van der Waals surface area contributed by atoms with E-state index in [1.54, 1.807) is 24.3 Å². The van der Waals surface area contributed by atoms with Crippen LogP contribution in [0.2, 0.25) is 0 Å². The molecule has 1 aliphatic rings. The van der Waals surface area contributed by atoms with Crippen LogP contribution in [0.5, 0.6) is 0 Å². The summed E-state index contributed by atoms with van der Waals surface area (Å²) < 4.78 is 0. The molecule has 0 bridgehead atoms. The summed E-state index contributed by atoms with van der Waals surface area (Å²) in [6, 6.07) is 6.97. The third-order valence-corrected chi connectivity index (χ3v) is 3.53. The summed E-state index contributed by atoms with van der Waals surface area (Å²) in [6.07, 6.45) is 1.85. The molecule has 1 fully saturated rings. The second-order valence-electron chi connectivity index (χ2n) is 5.23. The highest BCUT2D eigenvalue weighted by Gasteiger charge is 2.18. The SMILES string of the molecule is CCCNC(=O)c1cccc(C(=O)N2CCCNCC2)c1. The minimum atomic E-state index is -0.121. The van der Waals surface area contributed by atoms with Crippen molar-refractivity contribution in [1.29, 1.82) is 0 Å². The zero-order valence-electron chi connectivity index (χ0n) is 12.5. The Bertz CT molecular complexity index is 494. The van der Waals surface area contributed by atoms with Gasteiger partial charge >= 0.3 is 0 Å². The zero-order valence-corrected chi connectivity index (χ0v) is 12.5. The van der Waals surface area contributed by atoms with Crippen LogP contribution in [-0.2, 0) is 0 Å². The molecule has 0 atom stereocenters. The van der Waals surface area contributed by atoms with E-state index in [1.165, 1.54) is 0 Å². The first-order valence-electron chi connectivity index (χ1n) is 7.60. The first-order valence-corrected chi connectivity index (χ1v) is 7.60. The van der Waals surface area contributed by atoms with Crippen molar-refractivity contribution in [2.75, 3.05) is 32.7 Å². The minimum Gasteiger partial charge on any atom is -0.352 e. The maximum absolute atomic E-state index is 12.5. The summed E-state index contributed by atoms with van der Waals surface area (Å²) in [7, 11) is 0. The van der Waals surface area contributed by atoms with Crippen molar-refractivity contribution in [2.45, 2.75) is 19.8 Å². The van der Waals surface area contributed by atoms with Crippen LogP contribution in [0, 0.1) is 0 Å². The van der Waals surface area contributed by atoms with Gasteiger partial charge in [-0.2, -0.15) is 0 Å². The minimum absolute atomic E-state index is 0.00356. The summed E-state index contributed by atoms with van der Waals surface area (Å²) in [6.45, 7) is 5.90. The Morgan fingerprint density at radius 3 is 2.86 bits per heavy atom. The van der Waals surface area contributed by atoms with Gasteiger partial charge in [0.1, 0.15) is 0 Å². The molecule has 2 amide bonds. The first-order chi connectivity index (χ1) is 10.2. The smallest absolute Gasteiger partial charge is 0.253 e. The highest BCUT2D eigenvalue weighted by atomic mass is 16.2. The Labute approximate surface area is 125 Å². The number of rotatable bonds is 4. The van der Waals surface area contributed by atoms with E-state index in [-0.39, 0.29) is 11.8 Å². The molecular weight excluding hydrogens is 266 g/mol. The number of amides is 2. The van der Waals surface area contributed by atoms with E-state index < -0.39 is 0 Å². The van der Waals surface area contributed by atoms with E-state index in [1.807, 2.05) is 11.8 Å². The predicted molar refractivity (Wildman–Crippen MR) is 82.5 cm³/mol. The second-order valence-corrected chi connectivity index (χ2v) is 5.23. The van der Waals surface area contributed by atoms with Gasteiger partial charge in [-0.05, 0) is 37.6 Å². The molecule has 114 valence electrons. The highest BCUT2D eigenvalue weighted by Crippen LogP contribution is 2.10. The fourth-order valence-corrected chi connectivity index (χ4v) is 2.37. The topological polar surface area (TPSA) is 61.4 Å². The Morgan fingerprint density at radius 1 is 1.24 bits per heavy atom. The maximum Gasteiger partial charge on any atom is 0.253 e. The van der Waals surface area contributed by atoms with Gasteiger partial charge < -0.3 is 15.5 Å². The van der Waals surface area contributed by atoms with E-state index in [2.05, 4.69) is 10.6 Å². The lowest BCUT2D eigenvalue weighted by Gasteiger charge is -2.20. The van der Waals surface area contributed by atoms with Crippen LogP contribution >= 0.6 is 0 Å². The molecule has 5 heteroatoms. The fourth-order valence-electron chi connectivity index (χ4n) is 2.37. The first kappa shape index (κ1) is 15.5. The van der Waals surface area contributed by atoms with Crippen LogP contribution in [0.4, 0.5) is 0 Å². The standard InChI is InChI=1S/C16H23N3O2/c1-2-7-18-15(20)13-5-3-6-14(12-13)16(21)19-10-4-8-17-9-11-19/h3,5-6,12,17H,2,4,7-11H2,1H3,(H,18,20). The molecule has 2 N–H and O–H groups in total. The van der Waals surface area contributed by atoms with Gasteiger partial charge in [-0.3, -0.25) is 9.59 Å². The van der Waals surface area contributed by atoms with Gasteiger partial charge in [0, 0.05) is 37.3 Å². The molecule has 0 radical (unpaired) electrons. The summed E-state index contributed by atoms with van der Waals surface area (Å²) in [5.74, 6) is -0.118. The molecule has 0 aliphatic carbocycles. The largest absolute Gasteiger partial charge is 0.352 e. The Kier molecular flexibility index (Phi) is 5.75. The van der Waals surface area contributed by atoms with Crippen LogP contribution in [-0.4, -0.2) is 49.4 Å². The average molecular weight is 289 g/mol. The quantitative estimate of drug-likeness (QED) is 0.877.